The maximum Gasteiger partial charge on any atom is 0.274 e. The summed E-state index contributed by atoms with van der Waals surface area (Å²) in [5.41, 5.74) is 2.85. The molecule has 0 spiro atoms. The fourth-order valence-electron chi connectivity index (χ4n) is 2.65. The van der Waals surface area contributed by atoms with Crippen LogP contribution in [-0.2, 0) is 26.3 Å². The second-order valence-corrected chi connectivity index (χ2v) is 6.00. The minimum Gasteiger partial charge on any atom is -0.396 e. The minimum atomic E-state index is -0.268. The Bertz CT molecular complexity index is 891. The van der Waals surface area contributed by atoms with E-state index in [1.54, 1.807) is 24.5 Å². The van der Waals surface area contributed by atoms with Gasteiger partial charge < -0.3 is 15.0 Å². The molecule has 0 unspecified atom stereocenters. The van der Waals surface area contributed by atoms with Gasteiger partial charge in [0.25, 0.3) is 5.91 Å². The third-order valence-electron chi connectivity index (χ3n) is 4.03. The molecule has 7 heteroatoms. The Morgan fingerprint density at radius 1 is 1.15 bits per heavy atom. The van der Waals surface area contributed by atoms with Crippen molar-refractivity contribution in [3.05, 3.63) is 71.6 Å². The minimum absolute atomic E-state index is 0.00559. The zero-order chi connectivity index (χ0) is 18.4. The monoisotopic (exact) mass is 351 g/mol. The van der Waals surface area contributed by atoms with Gasteiger partial charge in [0.1, 0.15) is 17.8 Å². The number of nitrogens with one attached hydrogen (secondary N) is 1. The van der Waals surface area contributed by atoms with E-state index in [0.717, 1.165) is 29.9 Å². The Hall–Kier alpha value is -3.06. The first-order valence-electron chi connectivity index (χ1n) is 8.45. The van der Waals surface area contributed by atoms with E-state index in [1.807, 2.05) is 35.9 Å². The van der Waals surface area contributed by atoms with Crippen LogP contribution in [0.25, 0.3) is 0 Å². The van der Waals surface area contributed by atoms with E-state index in [1.165, 1.54) is 0 Å². The summed E-state index contributed by atoms with van der Waals surface area (Å²) >= 11 is 0. The van der Waals surface area contributed by atoms with Crippen LogP contribution in [0.4, 0.5) is 5.69 Å². The second-order valence-electron chi connectivity index (χ2n) is 6.00. The Labute approximate surface area is 151 Å². The number of anilines is 1. The van der Waals surface area contributed by atoms with Gasteiger partial charge in [-0.2, -0.15) is 0 Å². The molecule has 26 heavy (non-hydrogen) atoms. The van der Waals surface area contributed by atoms with E-state index in [9.17, 15) is 4.79 Å². The van der Waals surface area contributed by atoms with Gasteiger partial charge in [-0.05, 0) is 36.2 Å². The average molecular weight is 351 g/mol. The van der Waals surface area contributed by atoms with Crippen molar-refractivity contribution in [2.24, 2.45) is 7.05 Å². The summed E-state index contributed by atoms with van der Waals surface area (Å²) in [5.74, 6) is 0.652. The Balaban J connectivity index is 1.65. The standard InChI is InChI=1S/C19H21N5O2/c1-24-13-20-23-18(24)9-8-14-4-2-6-16(12-14)22-19(26)17-7-3-5-15(21-17)10-11-25/h2-7,12-13,25H,8-11H2,1H3,(H,22,26). The molecule has 1 aromatic carbocycles. The molecule has 0 radical (unpaired) electrons. The van der Waals surface area contributed by atoms with E-state index in [-0.39, 0.29) is 12.5 Å². The molecule has 0 atom stereocenters. The first-order valence-corrected chi connectivity index (χ1v) is 8.45. The first kappa shape index (κ1) is 17.8. The van der Waals surface area contributed by atoms with Crippen LogP contribution >= 0.6 is 0 Å². The van der Waals surface area contributed by atoms with E-state index >= 15 is 0 Å². The van der Waals surface area contributed by atoms with Crippen LogP contribution < -0.4 is 5.32 Å². The van der Waals surface area contributed by atoms with Gasteiger partial charge in [0.05, 0.1) is 0 Å². The highest BCUT2D eigenvalue weighted by Gasteiger charge is 2.09. The molecule has 7 nitrogen and oxygen atoms in total. The summed E-state index contributed by atoms with van der Waals surface area (Å²) in [6.45, 7) is 0.00559. The summed E-state index contributed by atoms with van der Waals surface area (Å²) in [4.78, 5) is 16.7. The number of hydrogen-bond acceptors (Lipinski definition) is 5. The van der Waals surface area contributed by atoms with Crippen molar-refractivity contribution in [2.75, 3.05) is 11.9 Å². The van der Waals surface area contributed by atoms with Gasteiger partial charge in [0, 0.05) is 37.9 Å². The molecule has 2 aromatic heterocycles. The van der Waals surface area contributed by atoms with Crippen molar-refractivity contribution in [3.8, 4) is 0 Å². The van der Waals surface area contributed by atoms with Crippen LogP contribution in [0.2, 0.25) is 0 Å². The fraction of sp³-hybridized carbons (Fsp3) is 0.263. The van der Waals surface area contributed by atoms with E-state index in [2.05, 4.69) is 20.5 Å². The van der Waals surface area contributed by atoms with Crippen LogP contribution in [0.15, 0.2) is 48.8 Å². The number of aryl methyl sites for hydroxylation is 3. The fourth-order valence-corrected chi connectivity index (χ4v) is 2.65. The van der Waals surface area contributed by atoms with Crippen molar-refractivity contribution < 1.29 is 9.90 Å². The number of carbonyl (C=O) groups is 1. The molecular formula is C19H21N5O2. The SMILES string of the molecule is Cn1cnnc1CCc1cccc(NC(=O)c2cccc(CCO)n2)c1. The molecule has 0 saturated carbocycles. The number of pyridine rings is 1. The van der Waals surface area contributed by atoms with Crippen molar-refractivity contribution in [1.82, 2.24) is 19.7 Å². The van der Waals surface area contributed by atoms with E-state index < -0.39 is 0 Å². The number of amides is 1. The van der Waals surface area contributed by atoms with Crippen molar-refractivity contribution in [2.45, 2.75) is 19.3 Å². The van der Waals surface area contributed by atoms with Gasteiger partial charge in [-0.1, -0.05) is 18.2 Å². The number of aliphatic hydroxyl groups excluding tert-OH is 1. The second kappa shape index (κ2) is 8.35. The molecule has 0 aliphatic heterocycles. The molecule has 0 fully saturated rings. The zero-order valence-corrected chi connectivity index (χ0v) is 14.6. The smallest absolute Gasteiger partial charge is 0.274 e. The number of rotatable bonds is 7. The van der Waals surface area contributed by atoms with Gasteiger partial charge in [-0.15, -0.1) is 10.2 Å². The van der Waals surface area contributed by atoms with Crippen molar-refractivity contribution in [1.29, 1.82) is 0 Å². The lowest BCUT2D eigenvalue weighted by molar-refractivity contribution is 0.102. The normalized spacial score (nSPS) is 10.7. The molecule has 2 heterocycles. The maximum absolute atomic E-state index is 12.4. The van der Waals surface area contributed by atoms with Gasteiger partial charge in [-0.25, -0.2) is 4.98 Å². The maximum atomic E-state index is 12.4. The van der Waals surface area contributed by atoms with Crippen LogP contribution in [-0.4, -0.2) is 37.4 Å². The lowest BCUT2D eigenvalue weighted by atomic mass is 10.1. The molecule has 0 aliphatic rings. The molecule has 3 rings (SSSR count). The Morgan fingerprint density at radius 3 is 2.77 bits per heavy atom. The topological polar surface area (TPSA) is 92.9 Å². The predicted molar refractivity (Wildman–Crippen MR) is 97.8 cm³/mol. The summed E-state index contributed by atoms with van der Waals surface area (Å²) in [7, 11) is 1.92. The third kappa shape index (κ3) is 4.52. The van der Waals surface area contributed by atoms with Crippen LogP contribution in [0.1, 0.15) is 27.6 Å². The van der Waals surface area contributed by atoms with Gasteiger partial charge in [-0.3, -0.25) is 4.79 Å². The molecule has 0 aliphatic carbocycles. The summed E-state index contributed by atoms with van der Waals surface area (Å²) in [5, 5.41) is 19.8. The lowest BCUT2D eigenvalue weighted by Crippen LogP contribution is -2.14. The van der Waals surface area contributed by atoms with Crippen LogP contribution in [0, 0.1) is 0 Å². The van der Waals surface area contributed by atoms with Gasteiger partial charge in [0.15, 0.2) is 0 Å². The molecular weight excluding hydrogens is 330 g/mol. The van der Waals surface area contributed by atoms with E-state index in [4.69, 9.17) is 5.11 Å². The average Bonchev–Trinajstić information content (AvgIpc) is 3.06. The first-order chi connectivity index (χ1) is 12.7. The highest BCUT2D eigenvalue weighted by atomic mass is 16.3. The molecule has 3 aromatic rings. The number of nitrogens with zero attached hydrogens (tertiary/aromatic N) is 4. The highest BCUT2D eigenvalue weighted by molar-refractivity contribution is 6.02. The molecule has 134 valence electrons. The zero-order valence-electron chi connectivity index (χ0n) is 14.6. The summed E-state index contributed by atoms with van der Waals surface area (Å²) < 4.78 is 1.90. The molecule has 0 saturated heterocycles. The van der Waals surface area contributed by atoms with Crippen molar-refractivity contribution >= 4 is 11.6 Å². The number of aliphatic hydroxyl groups is 1. The Morgan fingerprint density at radius 2 is 2.00 bits per heavy atom. The predicted octanol–water partition coefficient (Wildman–Crippen LogP) is 1.78. The highest BCUT2D eigenvalue weighted by Crippen LogP contribution is 2.14. The molecule has 2 N–H and O–H groups in total. The van der Waals surface area contributed by atoms with Gasteiger partial charge in [0.2, 0.25) is 0 Å². The number of carbonyl (C=O) groups excluding carboxylic acids is 1. The number of hydrogen-bond donors (Lipinski definition) is 2. The van der Waals surface area contributed by atoms with Crippen LogP contribution in [0.3, 0.4) is 0 Å². The summed E-state index contributed by atoms with van der Waals surface area (Å²) in [6, 6.07) is 13.0. The number of aromatic nitrogens is 4. The van der Waals surface area contributed by atoms with E-state index in [0.29, 0.717) is 17.8 Å². The lowest BCUT2D eigenvalue weighted by Gasteiger charge is -2.08. The van der Waals surface area contributed by atoms with Gasteiger partial charge >= 0.3 is 0 Å². The van der Waals surface area contributed by atoms with Crippen molar-refractivity contribution in [3.63, 3.8) is 0 Å². The largest absolute Gasteiger partial charge is 0.396 e. The van der Waals surface area contributed by atoms with Crippen LogP contribution in [0.5, 0.6) is 0 Å². The number of benzene rings is 1. The Kier molecular flexibility index (Phi) is 5.70. The molecule has 0 bridgehead atoms. The third-order valence-corrected chi connectivity index (χ3v) is 4.03. The quantitative estimate of drug-likeness (QED) is 0.677. The molecule has 1 amide bonds. The summed E-state index contributed by atoms with van der Waals surface area (Å²) in [6.07, 6.45) is 3.70.